The third kappa shape index (κ3) is 4.97. The molecule has 2 aliphatic carbocycles. The predicted octanol–water partition coefficient (Wildman–Crippen LogP) is 3.99. The summed E-state index contributed by atoms with van der Waals surface area (Å²) < 4.78 is 6.47. The molecule has 0 amide bonds. The molecule has 4 fully saturated rings. The maximum Gasteiger partial charge on any atom is 0.142 e. The molecule has 2 heterocycles. The highest BCUT2D eigenvalue weighted by Gasteiger charge is 2.40. The van der Waals surface area contributed by atoms with Crippen molar-refractivity contribution in [3.63, 3.8) is 0 Å². The summed E-state index contributed by atoms with van der Waals surface area (Å²) in [5.74, 6) is 3.45. The summed E-state index contributed by atoms with van der Waals surface area (Å²) in [7, 11) is 0. The fraction of sp³-hybridized carbons (Fsp3) is 0.955. The highest BCUT2D eigenvalue weighted by Crippen LogP contribution is 2.43. The van der Waals surface area contributed by atoms with E-state index in [4.69, 9.17) is 15.7 Å². The third-order valence-electron chi connectivity index (χ3n) is 7.93. The summed E-state index contributed by atoms with van der Waals surface area (Å²) in [5.41, 5.74) is 5.77. The second kappa shape index (κ2) is 9.13. The van der Waals surface area contributed by atoms with E-state index in [0.29, 0.717) is 18.0 Å². The molecule has 2 saturated carbocycles. The van der Waals surface area contributed by atoms with Crippen molar-refractivity contribution in [3.8, 4) is 0 Å². The van der Waals surface area contributed by atoms with Crippen LogP contribution in [0.15, 0.2) is 5.16 Å². The Balaban J connectivity index is 1.20. The van der Waals surface area contributed by atoms with Crippen molar-refractivity contribution >= 4 is 5.84 Å². The monoisotopic (exact) mass is 377 g/mol. The quantitative estimate of drug-likeness (QED) is 0.329. The van der Waals surface area contributed by atoms with E-state index >= 15 is 0 Å². The van der Waals surface area contributed by atoms with Gasteiger partial charge in [-0.15, -0.1) is 0 Å². The van der Waals surface area contributed by atoms with E-state index in [2.05, 4.69) is 10.1 Å². The molecule has 4 atom stereocenters. The van der Waals surface area contributed by atoms with Gasteiger partial charge in [0, 0.05) is 12.5 Å². The van der Waals surface area contributed by atoms with E-state index in [1.54, 1.807) is 0 Å². The van der Waals surface area contributed by atoms with Gasteiger partial charge in [0.05, 0.1) is 12.2 Å². The molecule has 0 aromatic rings. The van der Waals surface area contributed by atoms with Crippen LogP contribution in [0, 0.1) is 23.7 Å². The van der Waals surface area contributed by atoms with E-state index in [1.165, 1.54) is 64.2 Å². The Kier molecular flexibility index (Phi) is 6.59. The van der Waals surface area contributed by atoms with Crippen LogP contribution in [0.3, 0.4) is 0 Å². The lowest BCUT2D eigenvalue weighted by Crippen LogP contribution is -2.42. The molecule has 27 heavy (non-hydrogen) atoms. The van der Waals surface area contributed by atoms with Gasteiger partial charge in [0.2, 0.25) is 0 Å². The van der Waals surface area contributed by atoms with Gasteiger partial charge in [-0.25, -0.2) is 0 Å². The van der Waals surface area contributed by atoms with Crippen molar-refractivity contribution in [2.45, 2.75) is 89.3 Å². The zero-order valence-electron chi connectivity index (χ0n) is 16.9. The lowest BCUT2D eigenvalue weighted by atomic mass is 9.73. The van der Waals surface area contributed by atoms with Crippen molar-refractivity contribution in [3.05, 3.63) is 0 Å². The van der Waals surface area contributed by atoms with Gasteiger partial charge in [0.25, 0.3) is 0 Å². The van der Waals surface area contributed by atoms with Crippen LogP contribution >= 0.6 is 0 Å². The molecular formula is C22H39N3O2. The maximum atomic E-state index is 8.86. The number of ether oxygens (including phenoxy) is 1. The van der Waals surface area contributed by atoms with Crippen LogP contribution in [0.1, 0.15) is 77.0 Å². The highest BCUT2D eigenvalue weighted by atomic mass is 16.5. The smallest absolute Gasteiger partial charge is 0.142 e. The Morgan fingerprint density at radius 1 is 0.963 bits per heavy atom. The lowest BCUT2D eigenvalue weighted by molar-refractivity contribution is -0.00818. The molecule has 5 nitrogen and oxygen atoms in total. The summed E-state index contributed by atoms with van der Waals surface area (Å²) in [4.78, 5) is 2.53. The van der Waals surface area contributed by atoms with Crippen molar-refractivity contribution in [1.29, 1.82) is 0 Å². The van der Waals surface area contributed by atoms with E-state index in [0.717, 1.165) is 50.2 Å². The van der Waals surface area contributed by atoms with Gasteiger partial charge in [-0.3, -0.25) is 0 Å². The predicted molar refractivity (Wildman–Crippen MR) is 108 cm³/mol. The molecule has 3 N–H and O–H groups in total. The first-order valence-electron chi connectivity index (χ1n) is 11.6. The molecule has 0 spiro atoms. The van der Waals surface area contributed by atoms with Crippen molar-refractivity contribution < 1.29 is 9.94 Å². The Morgan fingerprint density at radius 2 is 1.74 bits per heavy atom. The van der Waals surface area contributed by atoms with Crippen LogP contribution in [0.2, 0.25) is 0 Å². The molecule has 0 aromatic carbocycles. The Labute approximate surface area is 164 Å². The fourth-order valence-electron chi connectivity index (χ4n) is 6.41. The number of likely N-dealkylation sites (tertiary alicyclic amines) is 1. The highest BCUT2D eigenvalue weighted by molar-refractivity contribution is 5.82. The average molecular weight is 378 g/mol. The summed E-state index contributed by atoms with van der Waals surface area (Å²) in [6, 6.07) is 0. The zero-order chi connectivity index (χ0) is 18.6. The number of hydrogen-bond acceptors (Lipinski definition) is 4. The summed E-state index contributed by atoms with van der Waals surface area (Å²) >= 11 is 0. The third-order valence-corrected chi connectivity index (χ3v) is 7.93. The molecule has 5 heteroatoms. The second-order valence-electron chi connectivity index (χ2n) is 9.81. The van der Waals surface area contributed by atoms with E-state index in [-0.39, 0.29) is 5.92 Å². The van der Waals surface area contributed by atoms with Crippen LogP contribution in [0.25, 0.3) is 0 Å². The number of hydrogen-bond donors (Lipinski definition) is 2. The van der Waals surface area contributed by atoms with Gasteiger partial charge < -0.3 is 20.6 Å². The molecule has 4 unspecified atom stereocenters. The number of nitrogens with two attached hydrogens (primary N) is 1. The fourth-order valence-corrected chi connectivity index (χ4v) is 6.41. The number of oxime groups is 1. The molecule has 2 saturated heterocycles. The van der Waals surface area contributed by atoms with Crippen molar-refractivity contribution in [2.75, 3.05) is 19.6 Å². The number of amidine groups is 1. The van der Waals surface area contributed by atoms with Gasteiger partial charge in [0.15, 0.2) is 0 Å². The summed E-state index contributed by atoms with van der Waals surface area (Å²) in [5, 5.41) is 12.0. The van der Waals surface area contributed by atoms with Gasteiger partial charge >= 0.3 is 0 Å². The van der Waals surface area contributed by atoms with Crippen LogP contribution < -0.4 is 5.73 Å². The Bertz CT molecular complexity index is 498. The average Bonchev–Trinajstić information content (AvgIpc) is 3.10. The number of piperidine rings is 1. The van der Waals surface area contributed by atoms with Crippen LogP contribution in [0.5, 0.6) is 0 Å². The van der Waals surface area contributed by atoms with Gasteiger partial charge in [0.1, 0.15) is 5.84 Å². The number of nitrogens with zero attached hydrogens (tertiary/aromatic N) is 2. The summed E-state index contributed by atoms with van der Waals surface area (Å²) in [6.45, 7) is 3.16. The number of rotatable bonds is 5. The standard InChI is InChI=1S/C22H39N3O2/c23-22(24-26)18-8-10-25(11-9-18)15-20-14-19-13-17(6-7-21(19)27-20)12-16-4-2-1-3-5-16/h16-21,26H,1-15H2,(H2,23,24). The zero-order valence-corrected chi connectivity index (χ0v) is 16.9. The molecule has 4 rings (SSSR count). The SMILES string of the molecule is N/C(=N\O)C1CCN(CC2CC3CC(CC4CCCCC4)CCC3O2)CC1. The van der Waals surface area contributed by atoms with Crippen molar-refractivity contribution in [1.82, 2.24) is 4.90 Å². The molecule has 2 aliphatic heterocycles. The summed E-state index contributed by atoms with van der Waals surface area (Å²) in [6.07, 6.45) is 17.2. The first-order valence-corrected chi connectivity index (χ1v) is 11.6. The van der Waals surface area contributed by atoms with Crippen LogP contribution in [0.4, 0.5) is 0 Å². The molecule has 4 aliphatic rings. The first-order chi connectivity index (χ1) is 13.2. The largest absolute Gasteiger partial charge is 0.409 e. The van der Waals surface area contributed by atoms with Crippen LogP contribution in [-0.4, -0.2) is 47.8 Å². The Hall–Kier alpha value is -0.810. The topological polar surface area (TPSA) is 71.1 Å². The van der Waals surface area contributed by atoms with Crippen molar-refractivity contribution in [2.24, 2.45) is 34.6 Å². The minimum Gasteiger partial charge on any atom is -0.409 e. The second-order valence-corrected chi connectivity index (χ2v) is 9.81. The molecule has 0 bridgehead atoms. The maximum absolute atomic E-state index is 8.86. The molecule has 0 aromatic heterocycles. The Morgan fingerprint density at radius 3 is 2.48 bits per heavy atom. The minimum atomic E-state index is 0.249. The van der Waals surface area contributed by atoms with E-state index in [1.807, 2.05) is 0 Å². The number of fused-ring (bicyclic) bond motifs is 1. The normalized spacial score (nSPS) is 37.4. The lowest BCUT2D eigenvalue weighted by Gasteiger charge is -2.34. The minimum absolute atomic E-state index is 0.249. The first kappa shape index (κ1) is 19.5. The van der Waals surface area contributed by atoms with Crippen LogP contribution in [-0.2, 0) is 4.74 Å². The van der Waals surface area contributed by atoms with E-state index in [9.17, 15) is 0 Å². The van der Waals surface area contributed by atoms with Gasteiger partial charge in [-0.1, -0.05) is 37.3 Å². The molecule has 154 valence electrons. The van der Waals surface area contributed by atoms with Gasteiger partial charge in [-0.2, -0.15) is 0 Å². The molecular weight excluding hydrogens is 338 g/mol. The van der Waals surface area contributed by atoms with E-state index < -0.39 is 0 Å². The molecule has 0 radical (unpaired) electrons. The van der Waals surface area contributed by atoms with Gasteiger partial charge in [-0.05, 0) is 75.8 Å².